The summed E-state index contributed by atoms with van der Waals surface area (Å²) in [7, 11) is 0.187. The Hall–Kier alpha value is -0.560. The van der Waals surface area contributed by atoms with E-state index in [4.69, 9.17) is 0 Å². The molecular formula is C15H24N2O2S2. The van der Waals surface area contributed by atoms with Crippen LogP contribution in [0.2, 0.25) is 0 Å². The van der Waals surface area contributed by atoms with Gasteiger partial charge in [-0.25, -0.2) is 8.42 Å². The molecule has 1 aliphatic heterocycles. The van der Waals surface area contributed by atoms with Crippen LogP contribution in [0.4, 0.5) is 0 Å². The Morgan fingerprint density at radius 3 is 2.71 bits per heavy atom. The van der Waals surface area contributed by atoms with E-state index < -0.39 is 10.0 Å². The zero-order chi connectivity index (χ0) is 15.5. The molecule has 0 aromatic heterocycles. The molecule has 2 rings (SSSR count). The van der Waals surface area contributed by atoms with Crippen LogP contribution in [0.5, 0.6) is 0 Å². The average molecular weight is 329 g/mol. The quantitative estimate of drug-likeness (QED) is 0.869. The molecule has 0 spiro atoms. The Balaban J connectivity index is 2.32. The maximum absolute atomic E-state index is 12.8. The lowest BCUT2D eigenvalue weighted by atomic mass is 10.1. The van der Waals surface area contributed by atoms with Gasteiger partial charge in [0.15, 0.2) is 0 Å². The molecule has 1 aromatic carbocycles. The summed E-state index contributed by atoms with van der Waals surface area (Å²) in [5.74, 6) is 1.94. The molecule has 0 radical (unpaired) electrons. The molecule has 0 saturated carbocycles. The van der Waals surface area contributed by atoms with Crippen LogP contribution in [0.3, 0.4) is 0 Å². The van der Waals surface area contributed by atoms with Crippen molar-refractivity contribution in [2.45, 2.75) is 37.2 Å². The van der Waals surface area contributed by atoms with Gasteiger partial charge in [-0.05, 0) is 48.9 Å². The molecule has 0 aliphatic carbocycles. The second kappa shape index (κ2) is 7.13. The van der Waals surface area contributed by atoms with Crippen LogP contribution in [-0.4, -0.2) is 44.4 Å². The van der Waals surface area contributed by atoms with Crippen molar-refractivity contribution in [3.63, 3.8) is 0 Å². The monoisotopic (exact) mass is 328 g/mol. The maximum atomic E-state index is 12.8. The van der Waals surface area contributed by atoms with Crippen molar-refractivity contribution in [3.8, 4) is 0 Å². The van der Waals surface area contributed by atoms with Gasteiger partial charge in [-0.1, -0.05) is 13.0 Å². The first-order valence-corrected chi connectivity index (χ1v) is 9.92. The van der Waals surface area contributed by atoms with Crippen molar-refractivity contribution in [1.29, 1.82) is 0 Å². The lowest BCUT2D eigenvalue weighted by Crippen LogP contribution is -2.37. The van der Waals surface area contributed by atoms with E-state index in [1.165, 1.54) is 5.56 Å². The highest BCUT2D eigenvalue weighted by molar-refractivity contribution is 7.99. The third-order valence-electron chi connectivity index (χ3n) is 4.02. The highest BCUT2D eigenvalue weighted by Crippen LogP contribution is 2.27. The molecule has 1 fully saturated rings. The number of nitrogens with zero attached hydrogens (tertiary/aromatic N) is 1. The molecule has 1 aliphatic rings. The number of nitrogens with one attached hydrogen (secondary N) is 1. The summed E-state index contributed by atoms with van der Waals surface area (Å²) in [6.07, 6.45) is 1.85. The first-order valence-electron chi connectivity index (χ1n) is 7.33. The summed E-state index contributed by atoms with van der Waals surface area (Å²) in [5.41, 5.74) is 2.26. The fourth-order valence-corrected chi connectivity index (χ4v) is 5.43. The Morgan fingerprint density at radius 2 is 2.14 bits per heavy atom. The van der Waals surface area contributed by atoms with E-state index in [-0.39, 0.29) is 6.04 Å². The van der Waals surface area contributed by atoms with Gasteiger partial charge in [-0.2, -0.15) is 16.1 Å². The first-order chi connectivity index (χ1) is 10.0. The van der Waals surface area contributed by atoms with E-state index in [2.05, 4.69) is 12.2 Å². The van der Waals surface area contributed by atoms with E-state index in [0.717, 1.165) is 29.9 Å². The SMILES string of the molecule is CCc1ccc(S(=O)(=O)N(C)C2CCSC2)cc1CNC. The summed E-state index contributed by atoms with van der Waals surface area (Å²) in [5, 5.41) is 3.11. The Labute approximate surface area is 132 Å². The van der Waals surface area contributed by atoms with Gasteiger partial charge in [0.25, 0.3) is 0 Å². The first kappa shape index (κ1) is 16.8. The minimum Gasteiger partial charge on any atom is -0.316 e. The number of aryl methyl sites for hydroxylation is 1. The van der Waals surface area contributed by atoms with Crippen LogP contribution in [0, 0.1) is 0 Å². The van der Waals surface area contributed by atoms with Crippen molar-refractivity contribution in [2.24, 2.45) is 0 Å². The van der Waals surface area contributed by atoms with Crippen molar-refractivity contribution in [3.05, 3.63) is 29.3 Å². The predicted molar refractivity (Wildman–Crippen MR) is 89.3 cm³/mol. The van der Waals surface area contributed by atoms with E-state index in [1.807, 2.05) is 30.9 Å². The third-order valence-corrected chi connectivity index (χ3v) is 7.07. The largest absolute Gasteiger partial charge is 0.316 e. The standard InChI is InChI=1S/C15H24N2O2S2/c1-4-12-5-6-15(9-13(12)10-16-2)21(18,19)17(3)14-7-8-20-11-14/h5-6,9,14,16H,4,7-8,10-11H2,1-3H3. The fraction of sp³-hybridized carbons (Fsp3) is 0.600. The van der Waals surface area contributed by atoms with Crippen molar-refractivity contribution in [1.82, 2.24) is 9.62 Å². The minimum absolute atomic E-state index is 0.124. The van der Waals surface area contributed by atoms with Crippen LogP contribution >= 0.6 is 11.8 Å². The van der Waals surface area contributed by atoms with Crippen LogP contribution in [0.25, 0.3) is 0 Å². The van der Waals surface area contributed by atoms with E-state index >= 15 is 0 Å². The van der Waals surface area contributed by atoms with E-state index in [9.17, 15) is 8.42 Å². The molecule has 4 nitrogen and oxygen atoms in total. The van der Waals surface area contributed by atoms with Gasteiger partial charge in [-0.15, -0.1) is 0 Å². The van der Waals surface area contributed by atoms with Crippen molar-refractivity contribution in [2.75, 3.05) is 25.6 Å². The van der Waals surface area contributed by atoms with Gasteiger partial charge < -0.3 is 5.32 Å². The predicted octanol–water partition coefficient (Wildman–Crippen LogP) is 2.09. The molecule has 1 unspecified atom stereocenters. The molecule has 1 aromatic rings. The Morgan fingerprint density at radius 1 is 1.38 bits per heavy atom. The molecule has 1 atom stereocenters. The molecule has 1 N–H and O–H groups in total. The average Bonchev–Trinajstić information content (AvgIpc) is 3.00. The second-order valence-corrected chi connectivity index (χ2v) is 8.50. The fourth-order valence-electron chi connectivity index (χ4n) is 2.63. The van der Waals surface area contributed by atoms with E-state index in [1.54, 1.807) is 17.4 Å². The van der Waals surface area contributed by atoms with Crippen molar-refractivity contribution >= 4 is 21.8 Å². The van der Waals surface area contributed by atoms with Gasteiger partial charge in [0.2, 0.25) is 10.0 Å². The zero-order valence-electron chi connectivity index (χ0n) is 12.9. The normalized spacial score (nSPS) is 19.3. The Kier molecular flexibility index (Phi) is 5.71. The Bertz CT molecular complexity index is 581. The van der Waals surface area contributed by atoms with Gasteiger partial charge in [0.1, 0.15) is 0 Å². The van der Waals surface area contributed by atoms with Gasteiger partial charge in [-0.3, -0.25) is 0 Å². The number of sulfonamides is 1. The molecule has 0 bridgehead atoms. The van der Waals surface area contributed by atoms with Crippen LogP contribution in [0.15, 0.2) is 23.1 Å². The summed E-state index contributed by atoms with van der Waals surface area (Å²) in [6, 6.07) is 5.63. The maximum Gasteiger partial charge on any atom is 0.243 e. The molecular weight excluding hydrogens is 304 g/mol. The molecule has 6 heteroatoms. The molecule has 21 heavy (non-hydrogen) atoms. The number of hydrogen-bond acceptors (Lipinski definition) is 4. The number of rotatable bonds is 6. The van der Waals surface area contributed by atoms with Crippen LogP contribution in [0.1, 0.15) is 24.5 Å². The second-order valence-electron chi connectivity index (χ2n) is 5.35. The highest BCUT2D eigenvalue weighted by Gasteiger charge is 2.30. The topological polar surface area (TPSA) is 49.4 Å². The van der Waals surface area contributed by atoms with Crippen LogP contribution in [-0.2, 0) is 23.0 Å². The number of hydrogen-bond donors (Lipinski definition) is 1. The molecule has 118 valence electrons. The lowest BCUT2D eigenvalue weighted by molar-refractivity contribution is 0.394. The smallest absolute Gasteiger partial charge is 0.243 e. The summed E-state index contributed by atoms with van der Waals surface area (Å²) in [6.45, 7) is 2.78. The van der Waals surface area contributed by atoms with Gasteiger partial charge in [0, 0.05) is 25.4 Å². The van der Waals surface area contributed by atoms with Gasteiger partial charge in [0.05, 0.1) is 4.90 Å². The number of thioether (sulfide) groups is 1. The summed E-state index contributed by atoms with van der Waals surface area (Å²) < 4.78 is 27.1. The molecule has 1 saturated heterocycles. The lowest BCUT2D eigenvalue weighted by Gasteiger charge is -2.23. The highest BCUT2D eigenvalue weighted by atomic mass is 32.2. The molecule has 1 heterocycles. The third kappa shape index (κ3) is 3.62. The van der Waals surface area contributed by atoms with Crippen LogP contribution < -0.4 is 5.32 Å². The summed E-state index contributed by atoms with van der Waals surface area (Å²) >= 11 is 1.82. The summed E-state index contributed by atoms with van der Waals surface area (Å²) in [4.78, 5) is 0.407. The van der Waals surface area contributed by atoms with Crippen molar-refractivity contribution < 1.29 is 8.42 Å². The molecule has 0 amide bonds. The zero-order valence-corrected chi connectivity index (χ0v) is 14.6. The number of benzene rings is 1. The minimum atomic E-state index is -3.40. The van der Waals surface area contributed by atoms with Gasteiger partial charge >= 0.3 is 0 Å². The van der Waals surface area contributed by atoms with E-state index in [0.29, 0.717) is 11.4 Å².